The molecule has 4 aliphatic carbocycles. The Morgan fingerprint density at radius 1 is 0.974 bits per heavy atom. The molecule has 1 aromatic carbocycles. The van der Waals surface area contributed by atoms with Gasteiger partial charge in [0.15, 0.2) is 0 Å². The summed E-state index contributed by atoms with van der Waals surface area (Å²) in [5, 5.41) is 24.4. The van der Waals surface area contributed by atoms with Crippen LogP contribution in [-0.4, -0.2) is 41.3 Å². The molecule has 39 heavy (non-hydrogen) atoms. The first kappa shape index (κ1) is 26.8. The number of rotatable bonds is 2. The molecule has 6 rings (SSSR count). The van der Waals surface area contributed by atoms with Crippen molar-refractivity contribution in [3.8, 4) is 11.8 Å². The van der Waals surface area contributed by atoms with Crippen LogP contribution in [0.4, 0.5) is 5.69 Å². The predicted octanol–water partition coefficient (Wildman–Crippen LogP) is 6.27. The summed E-state index contributed by atoms with van der Waals surface area (Å²) in [6.07, 6.45) is 9.34. The smallest absolute Gasteiger partial charge is 0.253 e. The van der Waals surface area contributed by atoms with Crippen LogP contribution in [0, 0.1) is 34.5 Å². The summed E-state index contributed by atoms with van der Waals surface area (Å²) in [5.74, 6) is 6.89. The highest BCUT2D eigenvalue weighted by atomic mass is 16.7. The Morgan fingerprint density at radius 3 is 2.31 bits per heavy atom. The predicted molar refractivity (Wildman–Crippen MR) is 154 cm³/mol. The molecule has 0 saturated heterocycles. The molecule has 1 spiro atoms. The topological polar surface area (TPSA) is 62.2 Å². The highest BCUT2D eigenvalue weighted by Gasteiger charge is 2.64. The second kappa shape index (κ2) is 8.79. The fourth-order valence-electron chi connectivity index (χ4n) is 8.61. The van der Waals surface area contributed by atoms with E-state index in [-0.39, 0.29) is 16.7 Å². The van der Waals surface area contributed by atoms with Crippen LogP contribution in [0.15, 0.2) is 47.9 Å². The third-order valence-electron chi connectivity index (χ3n) is 10.6. The van der Waals surface area contributed by atoms with Crippen molar-refractivity contribution in [2.75, 3.05) is 19.0 Å². The Labute approximate surface area is 234 Å². The van der Waals surface area contributed by atoms with Crippen LogP contribution in [-0.2, 0) is 9.47 Å². The molecule has 1 heterocycles. The zero-order valence-electron chi connectivity index (χ0n) is 24.5. The van der Waals surface area contributed by atoms with Gasteiger partial charge in [-0.3, -0.25) is 0 Å². The maximum atomic E-state index is 12.2. The van der Waals surface area contributed by atoms with E-state index in [1.54, 1.807) is 12.5 Å². The third-order valence-corrected chi connectivity index (χ3v) is 10.6. The molecule has 3 fully saturated rings. The van der Waals surface area contributed by atoms with E-state index < -0.39 is 17.0 Å². The standard InChI is InChI=1S/C34H45NO4/c1-30(2,3)17-18-33(37)15-12-27-25-11-14-32(36)22-34(38-19-20-39-34)16-13-28(32)29(25)26(21-31(27,33)4)23-7-9-24(10-8-23)35(5)6/h7-10,19-20,25-27,36-37H,11-16,21-22H2,1-6H3/t25-,26+,27-,31-,32+,33+/m0/s1. The van der Waals surface area contributed by atoms with Crippen LogP contribution in [0.5, 0.6) is 0 Å². The van der Waals surface area contributed by atoms with Gasteiger partial charge in [0, 0.05) is 43.0 Å². The van der Waals surface area contributed by atoms with Crippen molar-refractivity contribution in [3.05, 3.63) is 53.5 Å². The number of hydrogen-bond acceptors (Lipinski definition) is 5. The van der Waals surface area contributed by atoms with Crippen molar-refractivity contribution in [3.63, 3.8) is 0 Å². The summed E-state index contributed by atoms with van der Waals surface area (Å²) in [6, 6.07) is 8.91. The summed E-state index contributed by atoms with van der Waals surface area (Å²) in [5.41, 5.74) is 2.66. The van der Waals surface area contributed by atoms with Crippen LogP contribution in [0.25, 0.3) is 0 Å². The van der Waals surface area contributed by atoms with E-state index in [0.717, 1.165) is 32.1 Å². The lowest BCUT2D eigenvalue weighted by molar-refractivity contribution is -0.197. The van der Waals surface area contributed by atoms with E-state index in [9.17, 15) is 10.2 Å². The molecule has 6 atom stereocenters. The largest absolute Gasteiger partial charge is 0.457 e. The fourth-order valence-corrected chi connectivity index (χ4v) is 8.61. The normalized spacial score (nSPS) is 38.2. The van der Waals surface area contributed by atoms with E-state index in [1.807, 2.05) is 0 Å². The van der Waals surface area contributed by atoms with E-state index in [0.29, 0.717) is 31.1 Å². The van der Waals surface area contributed by atoms with Crippen molar-refractivity contribution >= 4 is 5.69 Å². The summed E-state index contributed by atoms with van der Waals surface area (Å²) < 4.78 is 11.8. The lowest BCUT2D eigenvalue weighted by Crippen LogP contribution is -2.55. The van der Waals surface area contributed by atoms with Gasteiger partial charge >= 0.3 is 0 Å². The van der Waals surface area contributed by atoms with Gasteiger partial charge in [0.2, 0.25) is 0 Å². The van der Waals surface area contributed by atoms with Crippen molar-refractivity contribution in [1.82, 2.24) is 0 Å². The summed E-state index contributed by atoms with van der Waals surface area (Å²) in [6.45, 7) is 8.64. The molecule has 0 aromatic heterocycles. The Kier molecular flexibility index (Phi) is 6.04. The molecule has 1 aromatic rings. The van der Waals surface area contributed by atoms with Gasteiger partial charge in [0.25, 0.3) is 5.79 Å². The molecule has 1 aliphatic heterocycles. The molecular formula is C34H45NO4. The van der Waals surface area contributed by atoms with Gasteiger partial charge in [-0.2, -0.15) is 0 Å². The Morgan fingerprint density at radius 2 is 1.67 bits per heavy atom. The van der Waals surface area contributed by atoms with Gasteiger partial charge in [-0.15, -0.1) is 0 Å². The Hall–Kier alpha value is -2.42. The number of fused-ring (bicyclic) bond motifs is 4. The van der Waals surface area contributed by atoms with Gasteiger partial charge < -0.3 is 24.6 Å². The first-order chi connectivity index (χ1) is 18.3. The monoisotopic (exact) mass is 531 g/mol. The number of anilines is 1. The number of benzene rings is 1. The zero-order valence-corrected chi connectivity index (χ0v) is 24.5. The summed E-state index contributed by atoms with van der Waals surface area (Å²) >= 11 is 0. The number of nitrogens with zero attached hydrogens (tertiary/aromatic N) is 1. The Bertz CT molecular complexity index is 1250. The molecule has 0 radical (unpaired) electrons. The molecule has 210 valence electrons. The van der Waals surface area contributed by atoms with Crippen LogP contribution in [0.3, 0.4) is 0 Å². The van der Waals surface area contributed by atoms with Gasteiger partial charge in [-0.25, -0.2) is 0 Å². The number of aliphatic hydroxyl groups is 2. The Balaban J connectivity index is 1.47. The molecule has 0 unspecified atom stereocenters. The van der Waals surface area contributed by atoms with Crippen molar-refractivity contribution < 1.29 is 19.7 Å². The second-order valence-corrected chi connectivity index (χ2v) is 14.4. The minimum absolute atomic E-state index is 0.132. The van der Waals surface area contributed by atoms with E-state index >= 15 is 0 Å². The first-order valence-corrected chi connectivity index (χ1v) is 14.8. The molecule has 5 nitrogen and oxygen atoms in total. The maximum absolute atomic E-state index is 12.2. The quantitative estimate of drug-likeness (QED) is 0.348. The summed E-state index contributed by atoms with van der Waals surface area (Å²) in [7, 11) is 4.13. The minimum atomic E-state index is -1.01. The second-order valence-electron chi connectivity index (χ2n) is 14.4. The molecule has 5 aliphatic rings. The van der Waals surface area contributed by atoms with Crippen molar-refractivity contribution in [2.24, 2.45) is 22.7 Å². The maximum Gasteiger partial charge on any atom is 0.253 e. The number of hydrogen-bond donors (Lipinski definition) is 2. The molecule has 3 saturated carbocycles. The van der Waals surface area contributed by atoms with Crippen LogP contribution >= 0.6 is 0 Å². The lowest BCUT2D eigenvalue weighted by Gasteiger charge is -2.57. The van der Waals surface area contributed by atoms with Gasteiger partial charge in [0.1, 0.15) is 18.1 Å². The van der Waals surface area contributed by atoms with Gasteiger partial charge in [-0.05, 0) is 94.4 Å². The van der Waals surface area contributed by atoms with E-state index in [1.165, 1.54) is 22.4 Å². The molecular weight excluding hydrogens is 486 g/mol. The van der Waals surface area contributed by atoms with E-state index in [4.69, 9.17) is 9.47 Å². The lowest BCUT2D eigenvalue weighted by atomic mass is 9.49. The first-order valence-electron chi connectivity index (χ1n) is 14.8. The van der Waals surface area contributed by atoms with Crippen LogP contribution < -0.4 is 4.90 Å². The molecule has 2 N–H and O–H groups in total. The molecule has 5 heteroatoms. The minimum Gasteiger partial charge on any atom is -0.457 e. The number of ether oxygens (including phenoxy) is 2. The third kappa shape index (κ3) is 4.21. The molecule has 0 bridgehead atoms. The number of allylic oxidation sites excluding steroid dienone is 1. The van der Waals surface area contributed by atoms with Crippen LogP contribution in [0.2, 0.25) is 0 Å². The van der Waals surface area contributed by atoms with Crippen LogP contribution in [0.1, 0.15) is 90.5 Å². The van der Waals surface area contributed by atoms with Crippen molar-refractivity contribution in [1.29, 1.82) is 0 Å². The highest BCUT2D eigenvalue weighted by Crippen LogP contribution is 2.68. The SMILES string of the molecule is CN(C)c1ccc([C@H]2C[C@@]3(C)[C@@H](CC[C@@]3(O)C#CC(C)(C)C)[C@@H]3CC[C@@]4(O)CC5(CCC4=C32)OC=CO5)cc1. The van der Waals surface area contributed by atoms with E-state index in [2.05, 4.69) is 82.8 Å². The average Bonchev–Trinajstić information content (AvgIpc) is 3.43. The zero-order chi connectivity index (χ0) is 27.8. The summed E-state index contributed by atoms with van der Waals surface area (Å²) in [4.78, 5) is 2.13. The van der Waals surface area contributed by atoms with Gasteiger partial charge in [-0.1, -0.05) is 36.5 Å². The fraction of sp³-hybridized carbons (Fsp3) is 0.647. The average molecular weight is 532 g/mol. The van der Waals surface area contributed by atoms with Gasteiger partial charge in [0.05, 0.1) is 12.0 Å². The highest BCUT2D eigenvalue weighted by molar-refractivity contribution is 5.50. The van der Waals surface area contributed by atoms with Crippen molar-refractivity contribution in [2.45, 2.75) is 102 Å². The molecule has 0 amide bonds.